The lowest BCUT2D eigenvalue weighted by atomic mass is 10.1. The number of nitrogens with zero attached hydrogens (tertiary/aromatic N) is 8. The Morgan fingerprint density at radius 2 is 1.35 bits per heavy atom. The molecule has 20 nitrogen and oxygen atoms in total. The summed E-state index contributed by atoms with van der Waals surface area (Å²) in [5.41, 5.74) is 14.1. The third kappa shape index (κ3) is 8.88. The average Bonchev–Trinajstić information content (AvgIpc) is 4.00. The van der Waals surface area contributed by atoms with Crippen molar-refractivity contribution < 1.29 is 37.5 Å². The molecule has 0 bridgehead atoms. The first-order valence-corrected chi connectivity index (χ1v) is 19.6. The Morgan fingerprint density at radius 1 is 0.783 bits per heavy atom. The van der Waals surface area contributed by atoms with Crippen LogP contribution >= 0.6 is 0 Å². The van der Waals surface area contributed by atoms with Crippen molar-refractivity contribution in [1.82, 2.24) is 39.0 Å². The highest BCUT2D eigenvalue weighted by atomic mass is 16.5. The normalized spacial score (nSPS) is 13.4. The Bertz CT molecular complexity index is 2610. The van der Waals surface area contributed by atoms with Crippen LogP contribution in [0.15, 0.2) is 45.4 Å². The van der Waals surface area contributed by atoms with E-state index in [-0.39, 0.29) is 47.6 Å². The van der Waals surface area contributed by atoms with Crippen LogP contribution in [-0.4, -0.2) is 102 Å². The highest BCUT2D eigenvalue weighted by Crippen LogP contribution is 2.32. The molecule has 60 heavy (non-hydrogen) atoms. The fraction of sp³-hybridized carbons (Fsp3) is 0.375. The summed E-state index contributed by atoms with van der Waals surface area (Å²) < 4.78 is 26.5. The van der Waals surface area contributed by atoms with E-state index in [2.05, 4.69) is 35.5 Å². The second-order valence-corrected chi connectivity index (χ2v) is 14.0. The second-order valence-electron chi connectivity index (χ2n) is 14.0. The largest absolute Gasteiger partial charge is 0.491 e. The van der Waals surface area contributed by atoms with Gasteiger partial charge in [0.2, 0.25) is 35.2 Å². The number of nitrogens with one attached hydrogen (secondary N) is 2. The van der Waals surface area contributed by atoms with E-state index < -0.39 is 23.6 Å². The van der Waals surface area contributed by atoms with Crippen LogP contribution in [0.3, 0.4) is 0 Å². The summed E-state index contributed by atoms with van der Waals surface area (Å²) >= 11 is 0. The molecule has 0 spiro atoms. The van der Waals surface area contributed by atoms with E-state index in [0.717, 1.165) is 19.6 Å². The number of fused-ring (bicyclic) bond motifs is 2. The van der Waals surface area contributed by atoms with Crippen LogP contribution in [0.25, 0.3) is 22.2 Å². The Labute approximate surface area is 343 Å². The van der Waals surface area contributed by atoms with Crippen molar-refractivity contribution in [2.75, 3.05) is 50.1 Å². The van der Waals surface area contributed by atoms with Gasteiger partial charge in [-0.3, -0.25) is 39.3 Å². The number of aryl methyl sites for hydroxylation is 4. The minimum atomic E-state index is -0.683. The van der Waals surface area contributed by atoms with Crippen LogP contribution in [0.2, 0.25) is 0 Å². The number of amides is 4. The van der Waals surface area contributed by atoms with E-state index in [1.807, 2.05) is 26.0 Å². The molecule has 4 amide bonds. The number of morpholine rings is 1. The van der Waals surface area contributed by atoms with Gasteiger partial charge in [-0.1, -0.05) is 26.0 Å². The third-order valence-corrected chi connectivity index (χ3v) is 9.82. The van der Waals surface area contributed by atoms with Crippen molar-refractivity contribution in [3.63, 3.8) is 0 Å². The zero-order chi connectivity index (χ0) is 42.5. The predicted molar refractivity (Wildman–Crippen MR) is 218 cm³/mol. The summed E-state index contributed by atoms with van der Waals surface area (Å²) in [4.78, 5) is 76.2. The number of rotatable bonds is 17. The zero-order valence-electron chi connectivity index (χ0n) is 33.7. The Kier molecular flexibility index (Phi) is 12.3. The molecule has 0 atom stereocenters. The first-order valence-electron chi connectivity index (χ1n) is 19.6. The number of carbonyl (C=O) groups is 4. The maximum Gasteiger partial charge on any atom is 0.295 e. The molecule has 0 unspecified atom stereocenters. The predicted octanol–water partition coefficient (Wildman–Crippen LogP) is 3.56. The van der Waals surface area contributed by atoms with Gasteiger partial charge in [-0.05, 0) is 37.5 Å². The minimum absolute atomic E-state index is 0.0571. The summed E-state index contributed by atoms with van der Waals surface area (Å²) in [5.74, 6) is -1.04. The van der Waals surface area contributed by atoms with Gasteiger partial charge in [-0.15, -0.1) is 0 Å². The van der Waals surface area contributed by atoms with Gasteiger partial charge in [0, 0.05) is 58.3 Å². The number of oxazole rings is 2. The number of nitrogens with two attached hydrogens (primary N) is 2. The Morgan fingerprint density at radius 3 is 1.95 bits per heavy atom. The number of carbonyl (C=O) groups excluding carboxylic acids is 4. The molecule has 6 aromatic rings. The molecule has 1 saturated heterocycles. The standard InChI is InChI=1S/C40H46N12O8/c1-5-26-32(59-22(3)44-26)37(55)48-39-46-28-18-24(34(41)53)20-30(58-15-9-10-50-13-16-57-17-14-50)31(28)51(39)11-7-8-12-52-36-29(19-25(21-43-36)35(42)54)47-40(52)49-38(56)33-27(6-2)45-23(4)60-33/h7-8,18-21H,5-6,9-17H2,1-4H3,(H2,41,53)(H2,42,54)(H,46,48,55)(H,47,49,56)/b8-7+. The number of hydrogen-bond acceptors (Lipinski definition) is 14. The zero-order valence-corrected chi connectivity index (χ0v) is 33.7. The molecule has 6 heterocycles. The van der Waals surface area contributed by atoms with E-state index in [9.17, 15) is 19.2 Å². The molecule has 1 aliphatic heterocycles. The van der Waals surface area contributed by atoms with Crippen LogP contribution in [0.5, 0.6) is 5.75 Å². The van der Waals surface area contributed by atoms with Crippen LogP contribution in [0, 0.1) is 13.8 Å². The number of benzene rings is 1. The first-order chi connectivity index (χ1) is 28.9. The number of hydrogen-bond donors (Lipinski definition) is 4. The number of aromatic nitrogens is 7. The maximum absolute atomic E-state index is 13.7. The number of anilines is 2. The molecule has 0 radical (unpaired) electrons. The monoisotopic (exact) mass is 822 g/mol. The summed E-state index contributed by atoms with van der Waals surface area (Å²) in [6.07, 6.45) is 6.60. The van der Waals surface area contributed by atoms with Gasteiger partial charge in [0.15, 0.2) is 17.4 Å². The number of imidazole rings is 2. The minimum Gasteiger partial charge on any atom is -0.491 e. The molecule has 5 aromatic heterocycles. The van der Waals surface area contributed by atoms with Gasteiger partial charge in [0.05, 0.1) is 42.3 Å². The van der Waals surface area contributed by atoms with Crippen molar-refractivity contribution in [3.05, 3.63) is 82.4 Å². The molecule has 1 fully saturated rings. The molecule has 314 valence electrons. The number of pyridine rings is 1. The highest BCUT2D eigenvalue weighted by molar-refractivity contribution is 6.05. The lowest BCUT2D eigenvalue weighted by Gasteiger charge is -2.26. The lowest BCUT2D eigenvalue weighted by Crippen LogP contribution is -2.37. The molecule has 6 N–H and O–H groups in total. The summed E-state index contributed by atoms with van der Waals surface area (Å²) in [7, 11) is 0. The van der Waals surface area contributed by atoms with Crippen LogP contribution < -0.4 is 26.8 Å². The van der Waals surface area contributed by atoms with Crippen molar-refractivity contribution in [3.8, 4) is 5.75 Å². The van der Waals surface area contributed by atoms with Gasteiger partial charge in [-0.25, -0.2) is 24.9 Å². The quantitative estimate of drug-likeness (QED) is 0.0757. The topological polar surface area (TPSA) is 267 Å². The van der Waals surface area contributed by atoms with Crippen molar-refractivity contribution in [1.29, 1.82) is 0 Å². The molecule has 20 heteroatoms. The number of allylic oxidation sites excluding steroid dienone is 2. The van der Waals surface area contributed by atoms with E-state index >= 15 is 0 Å². The van der Waals surface area contributed by atoms with Crippen molar-refractivity contribution in [2.45, 2.75) is 60.0 Å². The van der Waals surface area contributed by atoms with Gasteiger partial charge in [-0.2, -0.15) is 0 Å². The molecule has 1 aromatic carbocycles. The summed E-state index contributed by atoms with van der Waals surface area (Å²) in [6.45, 7) is 11.5. The first kappa shape index (κ1) is 41.2. The number of ether oxygens (including phenoxy) is 2. The molecule has 7 rings (SSSR count). The molecular weight excluding hydrogens is 777 g/mol. The molecule has 0 saturated carbocycles. The maximum atomic E-state index is 13.7. The number of primary amides is 2. The van der Waals surface area contributed by atoms with Crippen molar-refractivity contribution >= 4 is 57.7 Å². The van der Waals surface area contributed by atoms with Crippen LogP contribution in [-0.2, 0) is 30.7 Å². The van der Waals surface area contributed by atoms with E-state index in [1.165, 1.54) is 12.3 Å². The Hall–Kier alpha value is -6.93. The lowest BCUT2D eigenvalue weighted by molar-refractivity contribution is 0.0358. The molecule has 0 aliphatic carbocycles. The smallest absolute Gasteiger partial charge is 0.295 e. The van der Waals surface area contributed by atoms with Gasteiger partial charge < -0.3 is 34.3 Å². The van der Waals surface area contributed by atoms with Crippen LogP contribution in [0.4, 0.5) is 11.9 Å². The van der Waals surface area contributed by atoms with Crippen LogP contribution in [0.1, 0.15) is 85.3 Å². The molecular formula is C40H46N12O8. The van der Waals surface area contributed by atoms with Gasteiger partial charge in [0.25, 0.3) is 11.8 Å². The van der Waals surface area contributed by atoms with Crippen molar-refractivity contribution in [2.24, 2.45) is 11.5 Å². The summed E-state index contributed by atoms with van der Waals surface area (Å²) in [5, 5.41) is 5.68. The highest BCUT2D eigenvalue weighted by Gasteiger charge is 2.25. The second kappa shape index (κ2) is 17.9. The summed E-state index contributed by atoms with van der Waals surface area (Å²) in [6, 6.07) is 4.61. The van der Waals surface area contributed by atoms with E-state index in [1.54, 1.807) is 35.1 Å². The SMILES string of the molecule is CCc1nc(C)oc1C(=O)Nc1nc2cc(C(N)=O)cnc2n1C/C=C/Cn1c(NC(=O)c2oc(C)nc2CC)nc2cc(C(N)=O)cc(OCCCN3CCOCC3)c21. The fourth-order valence-corrected chi connectivity index (χ4v) is 6.92. The Balaban J connectivity index is 1.22. The third-order valence-electron chi connectivity index (χ3n) is 9.82. The van der Waals surface area contributed by atoms with E-state index in [0.29, 0.717) is 90.2 Å². The van der Waals surface area contributed by atoms with E-state index in [4.69, 9.17) is 34.8 Å². The average molecular weight is 823 g/mol. The molecule has 1 aliphatic rings. The fourth-order valence-electron chi connectivity index (χ4n) is 6.92. The van der Waals surface area contributed by atoms with Gasteiger partial charge >= 0.3 is 0 Å². The van der Waals surface area contributed by atoms with Gasteiger partial charge in [0.1, 0.15) is 16.8 Å².